The zero-order valence-corrected chi connectivity index (χ0v) is 10.1. The van der Waals surface area contributed by atoms with Crippen molar-refractivity contribution in [1.82, 2.24) is 0 Å². The molecule has 0 bridgehead atoms. The van der Waals surface area contributed by atoms with Crippen LogP contribution in [0.4, 0.5) is 11.4 Å². The molecule has 0 fully saturated rings. The first-order valence-electron chi connectivity index (χ1n) is 5.78. The minimum atomic E-state index is -0.915. The van der Waals surface area contributed by atoms with E-state index >= 15 is 0 Å². The van der Waals surface area contributed by atoms with Crippen molar-refractivity contribution in [2.24, 2.45) is 0 Å². The first kappa shape index (κ1) is 14.0. The molecular weight excluding hydrogens is 236 g/mol. The van der Waals surface area contributed by atoms with E-state index in [4.69, 9.17) is 5.11 Å². The van der Waals surface area contributed by atoms with Crippen molar-refractivity contribution in [3.8, 4) is 0 Å². The fraction of sp³-hybridized carbons (Fsp3) is 0.417. The maximum Gasteiger partial charge on any atom is 0.326 e. The summed E-state index contributed by atoms with van der Waals surface area (Å²) in [4.78, 5) is 21.0. The van der Waals surface area contributed by atoms with Crippen LogP contribution < -0.4 is 5.32 Å². The Hall–Kier alpha value is -2.11. The number of nitrogens with zero attached hydrogens (tertiary/aromatic N) is 1. The highest BCUT2D eigenvalue weighted by Crippen LogP contribution is 2.17. The van der Waals surface area contributed by atoms with E-state index in [0.29, 0.717) is 12.1 Å². The van der Waals surface area contributed by atoms with E-state index in [2.05, 4.69) is 5.32 Å². The Morgan fingerprint density at radius 1 is 1.44 bits per heavy atom. The summed E-state index contributed by atoms with van der Waals surface area (Å²) in [5.74, 6) is -0.915. The van der Waals surface area contributed by atoms with Gasteiger partial charge in [0.1, 0.15) is 6.04 Å². The zero-order chi connectivity index (χ0) is 13.5. The third-order valence-electron chi connectivity index (χ3n) is 2.56. The molecule has 0 radical (unpaired) electrons. The van der Waals surface area contributed by atoms with Gasteiger partial charge in [0.25, 0.3) is 5.69 Å². The van der Waals surface area contributed by atoms with Crippen molar-refractivity contribution in [3.63, 3.8) is 0 Å². The van der Waals surface area contributed by atoms with Gasteiger partial charge in [-0.25, -0.2) is 4.79 Å². The van der Waals surface area contributed by atoms with Gasteiger partial charge < -0.3 is 10.4 Å². The molecule has 98 valence electrons. The van der Waals surface area contributed by atoms with Gasteiger partial charge in [-0.3, -0.25) is 10.1 Å². The summed E-state index contributed by atoms with van der Waals surface area (Å²) in [5, 5.41) is 22.4. The number of aliphatic carboxylic acids is 1. The third-order valence-corrected chi connectivity index (χ3v) is 2.56. The number of carboxylic acid groups (broad SMARTS) is 1. The Bertz CT molecular complexity index is 417. The number of unbranched alkanes of at least 4 members (excludes halogenated alkanes) is 1. The number of hydrogen-bond donors (Lipinski definition) is 2. The Morgan fingerprint density at radius 3 is 2.50 bits per heavy atom. The van der Waals surface area contributed by atoms with Crippen LogP contribution in [0.15, 0.2) is 24.3 Å². The van der Waals surface area contributed by atoms with Gasteiger partial charge in [-0.05, 0) is 18.6 Å². The molecule has 0 aliphatic heterocycles. The molecule has 0 aliphatic rings. The highest BCUT2D eigenvalue weighted by molar-refractivity contribution is 5.77. The summed E-state index contributed by atoms with van der Waals surface area (Å²) in [7, 11) is 0. The van der Waals surface area contributed by atoms with Crippen LogP contribution in [0.3, 0.4) is 0 Å². The lowest BCUT2D eigenvalue weighted by Gasteiger charge is -2.15. The number of anilines is 1. The molecule has 0 saturated heterocycles. The fourth-order valence-electron chi connectivity index (χ4n) is 1.55. The first-order valence-corrected chi connectivity index (χ1v) is 5.78. The standard InChI is InChI=1S/C12H16N2O4/c1-2-3-4-11(12(15)16)13-9-5-7-10(8-6-9)14(17)18/h5-8,11,13H,2-4H2,1H3,(H,15,16)/t11-/m0/s1. The Labute approximate surface area is 105 Å². The summed E-state index contributed by atoms with van der Waals surface area (Å²) >= 11 is 0. The minimum absolute atomic E-state index is 0.0130. The maximum absolute atomic E-state index is 11.0. The summed E-state index contributed by atoms with van der Waals surface area (Å²) in [6, 6.07) is 5.06. The SMILES string of the molecule is CCCC[C@H](Nc1ccc([N+](=O)[O-])cc1)C(=O)O. The second-order valence-corrected chi connectivity index (χ2v) is 3.98. The van der Waals surface area contributed by atoms with Crippen LogP contribution in [0.25, 0.3) is 0 Å². The number of hydrogen-bond acceptors (Lipinski definition) is 4. The summed E-state index contributed by atoms with van der Waals surface area (Å²) in [6.45, 7) is 1.99. The fourth-order valence-corrected chi connectivity index (χ4v) is 1.55. The van der Waals surface area contributed by atoms with Crippen LogP contribution in [-0.4, -0.2) is 22.0 Å². The molecule has 0 heterocycles. The van der Waals surface area contributed by atoms with E-state index in [1.165, 1.54) is 24.3 Å². The highest BCUT2D eigenvalue weighted by Gasteiger charge is 2.16. The van der Waals surface area contributed by atoms with Gasteiger partial charge in [0.05, 0.1) is 4.92 Å². The van der Waals surface area contributed by atoms with Gasteiger partial charge >= 0.3 is 5.97 Å². The molecule has 1 atom stereocenters. The van der Waals surface area contributed by atoms with Gasteiger partial charge in [-0.1, -0.05) is 19.8 Å². The molecule has 0 unspecified atom stereocenters. The van der Waals surface area contributed by atoms with Crippen LogP contribution in [-0.2, 0) is 4.79 Å². The minimum Gasteiger partial charge on any atom is -0.480 e. The Kier molecular flexibility index (Phi) is 5.10. The predicted octanol–water partition coefficient (Wildman–Crippen LogP) is 2.65. The van der Waals surface area contributed by atoms with Crippen LogP contribution in [0.1, 0.15) is 26.2 Å². The van der Waals surface area contributed by atoms with Gasteiger partial charge in [0, 0.05) is 17.8 Å². The molecule has 18 heavy (non-hydrogen) atoms. The number of nitro groups is 1. The van der Waals surface area contributed by atoms with Crippen LogP contribution in [0, 0.1) is 10.1 Å². The molecule has 0 amide bonds. The van der Waals surface area contributed by atoms with Crippen LogP contribution >= 0.6 is 0 Å². The number of nitro benzene ring substituents is 1. The Balaban J connectivity index is 2.68. The lowest BCUT2D eigenvalue weighted by Crippen LogP contribution is -2.29. The average Bonchev–Trinajstić information content (AvgIpc) is 2.34. The number of non-ortho nitro benzene ring substituents is 1. The van der Waals surface area contributed by atoms with Crippen molar-refractivity contribution in [2.75, 3.05) is 5.32 Å². The van der Waals surface area contributed by atoms with Crippen molar-refractivity contribution in [3.05, 3.63) is 34.4 Å². The molecule has 0 spiro atoms. The van der Waals surface area contributed by atoms with E-state index in [1.807, 2.05) is 6.92 Å². The molecule has 1 rings (SSSR count). The number of nitrogens with one attached hydrogen (secondary N) is 1. The second-order valence-electron chi connectivity index (χ2n) is 3.98. The number of benzene rings is 1. The van der Waals surface area contributed by atoms with Gasteiger partial charge in [0.2, 0.25) is 0 Å². The van der Waals surface area contributed by atoms with Crippen molar-refractivity contribution >= 4 is 17.3 Å². The van der Waals surface area contributed by atoms with Crippen molar-refractivity contribution in [1.29, 1.82) is 0 Å². The molecule has 0 aliphatic carbocycles. The Morgan fingerprint density at radius 2 is 2.06 bits per heavy atom. The van der Waals surface area contributed by atoms with E-state index in [9.17, 15) is 14.9 Å². The van der Waals surface area contributed by atoms with Crippen LogP contribution in [0.5, 0.6) is 0 Å². The number of carbonyl (C=O) groups is 1. The molecular formula is C12H16N2O4. The summed E-state index contributed by atoms with van der Waals surface area (Å²) < 4.78 is 0. The molecule has 1 aromatic rings. The quantitative estimate of drug-likeness (QED) is 0.574. The monoisotopic (exact) mass is 252 g/mol. The van der Waals surface area contributed by atoms with Crippen LogP contribution in [0.2, 0.25) is 0 Å². The number of rotatable bonds is 7. The van der Waals surface area contributed by atoms with Gasteiger partial charge in [-0.2, -0.15) is 0 Å². The first-order chi connectivity index (χ1) is 8.54. The normalized spacial score (nSPS) is 11.8. The molecule has 6 heteroatoms. The topological polar surface area (TPSA) is 92.5 Å². The summed E-state index contributed by atoms with van der Waals surface area (Å²) in [6.07, 6.45) is 2.27. The van der Waals surface area contributed by atoms with E-state index < -0.39 is 16.9 Å². The number of carboxylic acids is 1. The largest absolute Gasteiger partial charge is 0.480 e. The van der Waals surface area contributed by atoms with E-state index in [-0.39, 0.29) is 5.69 Å². The van der Waals surface area contributed by atoms with Gasteiger partial charge in [0.15, 0.2) is 0 Å². The third kappa shape index (κ3) is 4.04. The molecule has 1 aromatic carbocycles. The highest BCUT2D eigenvalue weighted by atomic mass is 16.6. The molecule has 0 aromatic heterocycles. The lowest BCUT2D eigenvalue weighted by molar-refractivity contribution is -0.384. The predicted molar refractivity (Wildman–Crippen MR) is 67.7 cm³/mol. The second kappa shape index (κ2) is 6.58. The van der Waals surface area contributed by atoms with E-state index in [1.54, 1.807) is 0 Å². The average molecular weight is 252 g/mol. The molecule has 0 saturated carbocycles. The molecule has 2 N–H and O–H groups in total. The summed E-state index contributed by atoms with van der Waals surface area (Å²) in [5.41, 5.74) is 0.560. The van der Waals surface area contributed by atoms with Crippen molar-refractivity contribution in [2.45, 2.75) is 32.2 Å². The molecule has 6 nitrogen and oxygen atoms in total. The smallest absolute Gasteiger partial charge is 0.326 e. The van der Waals surface area contributed by atoms with Crippen molar-refractivity contribution < 1.29 is 14.8 Å². The lowest BCUT2D eigenvalue weighted by atomic mass is 10.1. The van der Waals surface area contributed by atoms with E-state index in [0.717, 1.165) is 12.8 Å². The van der Waals surface area contributed by atoms with Gasteiger partial charge in [-0.15, -0.1) is 0 Å². The zero-order valence-electron chi connectivity index (χ0n) is 10.1. The maximum atomic E-state index is 11.0.